The Labute approximate surface area is 279 Å². The van der Waals surface area contributed by atoms with Crippen molar-refractivity contribution in [3.05, 3.63) is 52.9 Å². The van der Waals surface area contributed by atoms with Gasteiger partial charge in [0.15, 0.2) is 0 Å². The zero-order chi connectivity index (χ0) is 31.7. The number of rotatable bonds is 8. The van der Waals surface area contributed by atoms with Crippen LogP contribution in [0, 0.1) is 6.92 Å². The molecule has 2 N–H and O–H groups in total. The number of aromatic nitrogens is 4. The zero-order valence-corrected chi connectivity index (χ0v) is 29.8. The molecule has 2 aliphatic heterocycles. The van der Waals surface area contributed by atoms with Crippen LogP contribution in [0.3, 0.4) is 0 Å². The summed E-state index contributed by atoms with van der Waals surface area (Å²) in [4.78, 5) is 26.1. The maximum Gasteiger partial charge on any atom is 0.229 e. The van der Waals surface area contributed by atoms with E-state index in [2.05, 4.69) is 95.6 Å². The van der Waals surface area contributed by atoms with Crippen LogP contribution in [0.15, 0.2) is 47.3 Å². The third-order valence-corrected chi connectivity index (χ3v) is 11.4. The van der Waals surface area contributed by atoms with Crippen molar-refractivity contribution in [2.75, 3.05) is 82.3 Å². The van der Waals surface area contributed by atoms with Gasteiger partial charge in [0, 0.05) is 81.0 Å². The first-order valence-electron chi connectivity index (χ1n) is 15.3. The number of piperazine rings is 1. The lowest BCUT2D eigenvalue weighted by atomic mass is 10.0. The van der Waals surface area contributed by atoms with Crippen LogP contribution in [-0.2, 0) is 11.8 Å². The van der Waals surface area contributed by atoms with E-state index in [9.17, 15) is 0 Å². The predicted molar refractivity (Wildman–Crippen MR) is 194 cm³/mol. The van der Waals surface area contributed by atoms with Crippen molar-refractivity contribution < 1.29 is 4.74 Å². The van der Waals surface area contributed by atoms with Crippen LogP contribution in [0.2, 0.25) is 0 Å². The smallest absolute Gasteiger partial charge is 0.229 e. The van der Waals surface area contributed by atoms with Crippen LogP contribution >= 0.6 is 22.0 Å². The average Bonchev–Trinajstić information content (AvgIpc) is 3.02. The molecule has 2 saturated heterocycles. The standard InChI is InChI=1S/C32H41BrN9OPS/c1-21-18-26(28(43-3)19-27(21)42-12-8-22(9-13-42)41-16-14-40(2)15-17-41)38-32-36-20-23(33)31(39-32)37-25-7-6-24-29(35-11-10-34-24)30(25)44(4,5)45/h6-7,10-11,18-20,22H,8-9,12-17H2,1-5H3,(H2,36,37,38,39). The third kappa shape index (κ3) is 7.10. The van der Waals surface area contributed by atoms with Gasteiger partial charge in [0.25, 0.3) is 0 Å². The monoisotopic (exact) mass is 709 g/mol. The van der Waals surface area contributed by atoms with Gasteiger partial charge in [0.05, 0.1) is 34.0 Å². The Kier molecular flexibility index (Phi) is 9.59. The molecule has 45 heavy (non-hydrogen) atoms. The number of aryl methyl sites for hydroxylation is 1. The molecule has 0 aliphatic carbocycles. The van der Waals surface area contributed by atoms with Crippen LogP contribution in [0.25, 0.3) is 11.0 Å². The Morgan fingerprint density at radius 2 is 1.69 bits per heavy atom. The number of nitrogens with zero attached hydrogens (tertiary/aromatic N) is 7. The number of anilines is 5. The summed E-state index contributed by atoms with van der Waals surface area (Å²) in [7, 11) is 3.92. The van der Waals surface area contributed by atoms with Gasteiger partial charge in [-0.25, -0.2) is 4.98 Å². The van der Waals surface area contributed by atoms with Gasteiger partial charge >= 0.3 is 0 Å². The lowest BCUT2D eigenvalue weighted by molar-refractivity contribution is 0.0982. The zero-order valence-electron chi connectivity index (χ0n) is 26.5. The van der Waals surface area contributed by atoms with Gasteiger partial charge in [-0.3, -0.25) is 14.9 Å². The molecule has 4 heterocycles. The molecule has 0 spiro atoms. The Morgan fingerprint density at radius 3 is 2.40 bits per heavy atom. The van der Waals surface area contributed by atoms with Crippen molar-refractivity contribution in [2.24, 2.45) is 0 Å². The molecule has 2 aromatic carbocycles. The number of ether oxygens (including phenoxy) is 1. The molecule has 2 aromatic heterocycles. The SMILES string of the molecule is COc1cc(N2CCC(N3CCN(C)CC3)CC2)c(C)cc1Nc1ncc(Br)c(Nc2ccc3nccnc3c2P(C)(C)=S)n1. The number of likely N-dealkylation sites (N-methyl/N-ethyl adjacent to an activating group) is 1. The molecular formula is C32H41BrN9OPS. The van der Waals surface area contributed by atoms with Crippen LogP contribution in [0.5, 0.6) is 5.75 Å². The summed E-state index contributed by atoms with van der Waals surface area (Å²) in [6, 6.07) is 7.01. The maximum absolute atomic E-state index is 5.99. The van der Waals surface area contributed by atoms with Gasteiger partial charge in [-0.1, -0.05) is 11.8 Å². The summed E-state index contributed by atoms with van der Waals surface area (Å²) in [6.45, 7) is 13.1. The fraction of sp³-hybridized carbons (Fsp3) is 0.438. The number of hydrogen-bond acceptors (Lipinski definition) is 11. The normalized spacial score (nSPS) is 17.1. The molecule has 2 aliphatic rings. The highest BCUT2D eigenvalue weighted by Gasteiger charge is 2.28. The number of fused-ring (bicyclic) bond motifs is 1. The molecule has 10 nitrogen and oxygen atoms in total. The summed E-state index contributed by atoms with van der Waals surface area (Å²) in [5.74, 6) is 1.83. The molecule has 6 rings (SSSR count). The number of hydrogen-bond donors (Lipinski definition) is 2. The first-order chi connectivity index (χ1) is 21.6. The Hall–Kier alpha value is -2.89. The van der Waals surface area contributed by atoms with Crippen LogP contribution in [0.4, 0.5) is 28.8 Å². The van der Waals surface area contributed by atoms with Crippen LogP contribution < -0.4 is 25.6 Å². The molecule has 13 heteroatoms. The molecule has 0 bridgehead atoms. The largest absolute Gasteiger partial charge is 0.494 e. The molecule has 0 atom stereocenters. The van der Waals surface area contributed by atoms with E-state index < -0.39 is 6.04 Å². The topological polar surface area (TPSA) is 94.6 Å². The van der Waals surface area contributed by atoms with Crippen LogP contribution in [-0.4, -0.2) is 103 Å². The minimum atomic E-state index is -1.90. The van der Waals surface area contributed by atoms with Crippen molar-refractivity contribution in [2.45, 2.75) is 25.8 Å². The lowest BCUT2D eigenvalue weighted by Crippen LogP contribution is -2.52. The lowest BCUT2D eigenvalue weighted by Gasteiger charge is -2.43. The van der Waals surface area contributed by atoms with Gasteiger partial charge in [0.2, 0.25) is 5.95 Å². The van der Waals surface area contributed by atoms with E-state index in [0.29, 0.717) is 17.8 Å². The highest BCUT2D eigenvalue weighted by atomic mass is 79.9. The number of nitrogens with one attached hydrogen (secondary N) is 2. The first-order valence-corrected chi connectivity index (χ1v) is 19.8. The fourth-order valence-corrected chi connectivity index (χ4v) is 8.61. The second-order valence-corrected chi connectivity index (χ2v) is 19.0. The van der Waals surface area contributed by atoms with E-state index >= 15 is 0 Å². The Balaban J connectivity index is 1.21. The molecule has 0 unspecified atom stereocenters. The molecule has 238 valence electrons. The summed E-state index contributed by atoms with van der Waals surface area (Å²) in [5, 5.41) is 7.90. The van der Waals surface area contributed by atoms with E-state index in [4.69, 9.17) is 21.5 Å². The molecule has 0 saturated carbocycles. The highest BCUT2D eigenvalue weighted by Crippen LogP contribution is 2.42. The first kappa shape index (κ1) is 32.1. The van der Waals surface area contributed by atoms with Crippen LogP contribution in [0.1, 0.15) is 18.4 Å². The van der Waals surface area contributed by atoms with E-state index in [1.54, 1.807) is 25.7 Å². The van der Waals surface area contributed by atoms with Crippen molar-refractivity contribution in [3.63, 3.8) is 0 Å². The van der Waals surface area contributed by atoms with Crippen molar-refractivity contribution in [1.82, 2.24) is 29.7 Å². The third-order valence-electron chi connectivity index (χ3n) is 8.77. The Bertz CT molecular complexity index is 1740. The van der Waals surface area contributed by atoms with Crippen molar-refractivity contribution in [3.8, 4) is 5.75 Å². The van der Waals surface area contributed by atoms with Crippen molar-refractivity contribution in [1.29, 1.82) is 0 Å². The number of methoxy groups -OCH3 is 1. The molecule has 2 fully saturated rings. The van der Waals surface area contributed by atoms with Gasteiger partial charge in [-0.2, -0.15) is 4.98 Å². The predicted octanol–water partition coefficient (Wildman–Crippen LogP) is 5.57. The van der Waals surface area contributed by atoms with E-state index in [-0.39, 0.29) is 0 Å². The molecule has 4 aromatic rings. The van der Waals surface area contributed by atoms with E-state index in [1.165, 1.54) is 37.2 Å². The maximum atomic E-state index is 5.99. The number of piperidine rings is 1. The van der Waals surface area contributed by atoms with Gasteiger partial charge in [0.1, 0.15) is 11.6 Å². The van der Waals surface area contributed by atoms with Gasteiger partial charge in [-0.15, -0.1) is 0 Å². The summed E-state index contributed by atoms with van der Waals surface area (Å²) >= 11 is 9.62. The summed E-state index contributed by atoms with van der Waals surface area (Å²) in [6.07, 6.45) is 7.52. The minimum absolute atomic E-state index is 0.453. The second kappa shape index (κ2) is 13.5. The summed E-state index contributed by atoms with van der Waals surface area (Å²) in [5.41, 5.74) is 5.74. The van der Waals surface area contributed by atoms with Crippen molar-refractivity contribution >= 4 is 78.9 Å². The molecule has 0 radical (unpaired) electrons. The number of halogens is 1. The molecular weight excluding hydrogens is 669 g/mol. The highest BCUT2D eigenvalue weighted by molar-refractivity contribution is 9.10. The molecule has 0 amide bonds. The quantitative estimate of drug-likeness (QED) is 0.225. The van der Waals surface area contributed by atoms with E-state index in [1.807, 2.05) is 12.1 Å². The fourth-order valence-electron chi connectivity index (χ4n) is 6.37. The van der Waals surface area contributed by atoms with Gasteiger partial charge < -0.3 is 25.2 Å². The summed E-state index contributed by atoms with van der Waals surface area (Å²) < 4.78 is 6.60. The minimum Gasteiger partial charge on any atom is -0.494 e. The number of benzene rings is 2. The van der Waals surface area contributed by atoms with Gasteiger partial charge in [-0.05, 0) is 85.9 Å². The average molecular weight is 711 g/mol. The second-order valence-electron chi connectivity index (χ2n) is 12.3. The Morgan fingerprint density at radius 1 is 0.956 bits per heavy atom. The van der Waals surface area contributed by atoms with E-state index in [0.717, 1.165) is 64.1 Å².